The molecule has 5 aromatic rings. The molecule has 0 saturated carbocycles. The zero-order chi connectivity index (χ0) is 20.7. The molecule has 8 nitrogen and oxygen atoms in total. The highest BCUT2D eigenvalue weighted by atomic mass is 16.5. The Morgan fingerprint density at radius 3 is 2.87 bits per heavy atom. The number of fused-ring (bicyclic) bond motifs is 2. The van der Waals surface area contributed by atoms with Crippen LogP contribution in [0.2, 0.25) is 0 Å². The van der Waals surface area contributed by atoms with Crippen molar-refractivity contribution in [1.82, 2.24) is 23.9 Å². The van der Waals surface area contributed by atoms with Gasteiger partial charge in [-0.1, -0.05) is 6.07 Å². The van der Waals surface area contributed by atoms with Gasteiger partial charge >= 0.3 is 0 Å². The molecule has 5 rings (SSSR count). The van der Waals surface area contributed by atoms with Crippen LogP contribution in [0.3, 0.4) is 0 Å². The smallest absolute Gasteiger partial charge is 0.180 e. The van der Waals surface area contributed by atoms with Crippen molar-refractivity contribution in [1.29, 1.82) is 0 Å². The minimum absolute atomic E-state index is 0.115. The average Bonchev–Trinajstić information content (AvgIpc) is 3.40. The average molecular weight is 400 g/mol. The number of aryl methyl sites for hydroxylation is 1. The second-order valence-electron chi connectivity index (χ2n) is 7.00. The normalized spacial score (nSPS) is 11.3. The topological polar surface area (TPSA) is 89.5 Å². The van der Waals surface area contributed by atoms with E-state index in [1.165, 1.54) is 0 Å². The van der Waals surface area contributed by atoms with Crippen molar-refractivity contribution in [2.45, 2.75) is 6.61 Å². The molecule has 0 amide bonds. The predicted molar refractivity (Wildman–Crippen MR) is 115 cm³/mol. The van der Waals surface area contributed by atoms with Gasteiger partial charge in [-0.25, -0.2) is 15.0 Å². The first-order valence-corrected chi connectivity index (χ1v) is 9.46. The summed E-state index contributed by atoms with van der Waals surface area (Å²) in [5, 5.41) is 12.9. The van der Waals surface area contributed by atoms with Gasteiger partial charge in [-0.2, -0.15) is 0 Å². The third-order valence-corrected chi connectivity index (χ3v) is 5.11. The van der Waals surface area contributed by atoms with E-state index in [4.69, 9.17) is 9.72 Å². The summed E-state index contributed by atoms with van der Waals surface area (Å²) >= 11 is 0. The van der Waals surface area contributed by atoms with E-state index in [0.717, 1.165) is 28.0 Å². The molecular formula is C22H20N6O2. The number of hydrogen-bond acceptors (Lipinski definition) is 6. The fourth-order valence-corrected chi connectivity index (χ4v) is 3.56. The maximum absolute atomic E-state index is 9.62. The molecule has 0 aliphatic carbocycles. The molecule has 0 bridgehead atoms. The van der Waals surface area contributed by atoms with Crippen LogP contribution in [0.5, 0.6) is 5.75 Å². The SMILES string of the molecule is COc1ccc(Nc2nc(-c3ccc4ncn(C)c4c3)cn3ccnc23)cc1CO. The molecule has 150 valence electrons. The number of nitrogens with zero attached hydrogens (tertiary/aromatic N) is 5. The summed E-state index contributed by atoms with van der Waals surface area (Å²) in [6, 6.07) is 11.6. The number of benzene rings is 2. The van der Waals surface area contributed by atoms with E-state index in [-0.39, 0.29) is 6.61 Å². The van der Waals surface area contributed by atoms with Crippen LogP contribution in [0.1, 0.15) is 5.56 Å². The van der Waals surface area contributed by atoms with E-state index in [0.29, 0.717) is 22.8 Å². The lowest BCUT2D eigenvalue weighted by Gasteiger charge is -2.12. The molecule has 0 saturated heterocycles. The van der Waals surface area contributed by atoms with Gasteiger partial charge in [0, 0.05) is 42.5 Å². The molecule has 0 fully saturated rings. The van der Waals surface area contributed by atoms with Crippen molar-refractivity contribution in [3.8, 4) is 17.0 Å². The Balaban J connectivity index is 1.60. The van der Waals surface area contributed by atoms with Gasteiger partial charge in [-0.3, -0.25) is 0 Å². The minimum Gasteiger partial charge on any atom is -0.496 e. The van der Waals surface area contributed by atoms with Gasteiger partial charge in [-0.15, -0.1) is 0 Å². The van der Waals surface area contributed by atoms with E-state index in [9.17, 15) is 5.11 Å². The highest BCUT2D eigenvalue weighted by Gasteiger charge is 2.12. The molecule has 0 atom stereocenters. The van der Waals surface area contributed by atoms with Crippen LogP contribution in [-0.4, -0.2) is 36.1 Å². The maximum atomic E-state index is 9.62. The Kier molecular flexibility index (Phi) is 4.33. The van der Waals surface area contributed by atoms with Crippen LogP contribution in [-0.2, 0) is 13.7 Å². The fraction of sp³-hybridized carbons (Fsp3) is 0.136. The molecule has 2 aromatic carbocycles. The highest BCUT2D eigenvalue weighted by Crippen LogP contribution is 2.28. The number of nitrogens with one attached hydrogen (secondary N) is 1. The van der Waals surface area contributed by atoms with Crippen molar-refractivity contribution < 1.29 is 9.84 Å². The number of methoxy groups -OCH3 is 1. The quantitative estimate of drug-likeness (QED) is 0.469. The molecule has 0 aliphatic heterocycles. The van der Waals surface area contributed by atoms with Crippen molar-refractivity contribution >= 4 is 28.2 Å². The van der Waals surface area contributed by atoms with Gasteiger partial charge in [0.1, 0.15) is 5.75 Å². The zero-order valence-corrected chi connectivity index (χ0v) is 16.6. The predicted octanol–water partition coefficient (Wildman–Crippen LogP) is 3.53. The summed E-state index contributed by atoms with van der Waals surface area (Å²) in [5.74, 6) is 1.26. The van der Waals surface area contributed by atoms with Gasteiger partial charge in [0.05, 0.1) is 36.8 Å². The van der Waals surface area contributed by atoms with Crippen LogP contribution >= 0.6 is 0 Å². The first kappa shape index (κ1) is 18.1. The van der Waals surface area contributed by atoms with E-state index in [1.54, 1.807) is 19.6 Å². The summed E-state index contributed by atoms with van der Waals surface area (Å²) in [7, 11) is 3.56. The summed E-state index contributed by atoms with van der Waals surface area (Å²) < 4.78 is 9.21. The van der Waals surface area contributed by atoms with Crippen LogP contribution in [0.4, 0.5) is 11.5 Å². The third-order valence-electron chi connectivity index (χ3n) is 5.11. The number of imidazole rings is 2. The van der Waals surface area contributed by atoms with Gasteiger partial charge in [0.15, 0.2) is 11.5 Å². The summed E-state index contributed by atoms with van der Waals surface area (Å²) in [4.78, 5) is 13.7. The molecular weight excluding hydrogens is 380 g/mol. The third kappa shape index (κ3) is 3.03. The highest BCUT2D eigenvalue weighted by molar-refractivity contribution is 5.82. The summed E-state index contributed by atoms with van der Waals surface area (Å²) in [6.07, 6.45) is 7.39. The monoisotopic (exact) mass is 400 g/mol. The van der Waals surface area contributed by atoms with E-state index in [2.05, 4.69) is 21.4 Å². The van der Waals surface area contributed by atoms with E-state index in [1.807, 2.05) is 58.7 Å². The standard InChI is InChI=1S/C22H20N6O2/c1-27-13-24-17-5-3-14(10-19(17)27)18-11-28-8-7-23-22(28)21(26-18)25-16-4-6-20(30-2)15(9-16)12-29/h3-11,13,29H,12H2,1-2H3,(H,25,26). The number of aromatic nitrogens is 5. The maximum Gasteiger partial charge on any atom is 0.180 e. The summed E-state index contributed by atoms with van der Waals surface area (Å²) in [6.45, 7) is -0.115. The Morgan fingerprint density at radius 1 is 1.13 bits per heavy atom. The van der Waals surface area contributed by atoms with Crippen LogP contribution in [0.25, 0.3) is 27.9 Å². The zero-order valence-electron chi connectivity index (χ0n) is 16.6. The summed E-state index contributed by atoms with van der Waals surface area (Å²) in [5.41, 5.74) is 5.96. The number of rotatable bonds is 5. The molecule has 30 heavy (non-hydrogen) atoms. The van der Waals surface area contributed by atoms with Gasteiger partial charge in [-0.05, 0) is 30.3 Å². The Hall–Kier alpha value is -3.91. The van der Waals surface area contributed by atoms with Crippen molar-refractivity contribution in [2.24, 2.45) is 7.05 Å². The fourth-order valence-electron chi connectivity index (χ4n) is 3.56. The lowest BCUT2D eigenvalue weighted by atomic mass is 10.1. The minimum atomic E-state index is -0.115. The lowest BCUT2D eigenvalue weighted by molar-refractivity contribution is 0.274. The van der Waals surface area contributed by atoms with E-state index < -0.39 is 0 Å². The van der Waals surface area contributed by atoms with Crippen molar-refractivity contribution in [3.05, 3.63) is 66.9 Å². The van der Waals surface area contributed by atoms with E-state index >= 15 is 0 Å². The van der Waals surface area contributed by atoms with Crippen LogP contribution in [0, 0.1) is 0 Å². The number of hydrogen-bond donors (Lipinski definition) is 2. The Labute approximate surface area is 172 Å². The first-order valence-electron chi connectivity index (χ1n) is 9.46. The molecule has 3 aromatic heterocycles. The molecule has 0 radical (unpaired) electrons. The Bertz CT molecular complexity index is 1370. The van der Waals surface area contributed by atoms with Gasteiger partial charge in [0.2, 0.25) is 0 Å². The van der Waals surface area contributed by atoms with Crippen molar-refractivity contribution in [2.75, 3.05) is 12.4 Å². The molecule has 3 heterocycles. The van der Waals surface area contributed by atoms with Gasteiger partial charge < -0.3 is 24.1 Å². The lowest BCUT2D eigenvalue weighted by Crippen LogP contribution is -2.01. The molecule has 2 N–H and O–H groups in total. The first-order chi connectivity index (χ1) is 14.7. The van der Waals surface area contributed by atoms with Crippen LogP contribution in [0.15, 0.2) is 61.3 Å². The largest absolute Gasteiger partial charge is 0.496 e. The second-order valence-corrected chi connectivity index (χ2v) is 7.00. The number of aliphatic hydroxyl groups is 1. The second kappa shape index (κ2) is 7.16. The molecule has 0 spiro atoms. The van der Waals surface area contributed by atoms with Crippen molar-refractivity contribution in [3.63, 3.8) is 0 Å². The number of ether oxygens (including phenoxy) is 1. The Morgan fingerprint density at radius 2 is 2.03 bits per heavy atom. The molecule has 0 aliphatic rings. The van der Waals surface area contributed by atoms with Crippen LogP contribution < -0.4 is 10.1 Å². The molecule has 0 unspecified atom stereocenters. The number of aliphatic hydroxyl groups excluding tert-OH is 1. The number of anilines is 2. The molecule has 8 heteroatoms. The van der Waals surface area contributed by atoms with Gasteiger partial charge in [0.25, 0.3) is 0 Å².